The Morgan fingerprint density at radius 2 is 1.50 bits per heavy atom. The highest BCUT2D eigenvalue weighted by Crippen LogP contribution is 2.07. The molecule has 0 spiro atoms. The fraction of sp³-hybridized carbons (Fsp3) is 0.917. The molecule has 0 saturated carbocycles. The molecular formula is C12H24N2. The molecule has 0 aromatic heterocycles. The van der Waals surface area contributed by atoms with Gasteiger partial charge in [-0.1, -0.05) is 51.9 Å². The van der Waals surface area contributed by atoms with Crippen molar-refractivity contribution in [2.45, 2.75) is 58.3 Å². The topological polar surface area (TPSA) is 35.8 Å². The van der Waals surface area contributed by atoms with Crippen molar-refractivity contribution in [3.8, 4) is 6.07 Å². The summed E-state index contributed by atoms with van der Waals surface area (Å²) in [5.74, 6) is 0. The molecule has 82 valence electrons. The van der Waals surface area contributed by atoms with Crippen LogP contribution in [0.15, 0.2) is 0 Å². The molecular weight excluding hydrogens is 172 g/mol. The van der Waals surface area contributed by atoms with Crippen molar-refractivity contribution in [2.24, 2.45) is 0 Å². The van der Waals surface area contributed by atoms with Crippen LogP contribution in [0, 0.1) is 11.3 Å². The maximum Gasteiger partial charge on any atom is 0.0840 e. The lowest BCUT2D eigenvalue weighted by molar-refractivity contribution is 0.563. The Kier molecular flexibility index (Phi) is 12.0. The third-order valence-electron chi connectivity index (χ3n) is 2.41. The molecule has 0 bridgehead atoms. The first-order chi connectivity index (χ1) is 6.91. The Labute approximate surface area is 88.7 Å². The van der Waals surface area contributed by atoms with Gasteiger partial charge in [0.2, 0.25) is 0 Å². The second kappa shape index (κ2) is 12.4. The van der Waals surface area contributed by atoms with Crippen LogP contribution >= 0.6 is 0 Å². The lowest BCUT2D eigenvalue weighted by atomic mass is 10.1. The van der Waals surface area contributed by atoms with E-state index in [-0.39, 0.29) is 0 Å². The molecule has 0 rings (SSSR count). The zero-order chi connectivity index (χ0) is 10.5. The minimum atomic E-state index is 0.497. The van der Waals surface area contributed by atoms with Gasteiger partial charge in [0, 0.05) is 0 Å². The zero-order valence-corrected chi connectivity index (χ0v) is 9.52. The lowest BCUT2D eigenvalue weighted by Crippen LogP contribution is -2.14. The molecule has 14 heavy (non-hydrogen) atoms. The average molecular weight is 196 g/mol. The van der Waals surface area contributed by atoms with Gasteiger partial charge in [0.1, 0.15) is 0 Å². The van der Waals surface area contributed by atoms with Crippen molar-refractivity contribution in [3.05, 3.63) is 0 Å². The number of rotatable bonds is 10. The summed E-state index contributed by atoms with van der Waals surface area (Å²) in [5.41, 5.74) is 0. The lowest BCUT2D eigenvalue weighted by Gasteiger charge is -2.01. The maximum absolute atomic E-state index is 8.28. The van der Waals surface area contributed by atoms with Crippen LogP contribution in [0.25, 0.3) is 0 Å². The molecule has 0 aromatic carbocycles. The van der Waals surface area contributed by atoms with Gasteiger partial charge in [-0.15, -0.1) is 0 Å². The fourth-order valence-corrected chi connectivity index (χ4v) is 1.53. The molecule has 0 saturated heterocycles. The van der Waals surface area contributed by atoms with E-state index in [1.165, 1.54) is 51.4 Å². The molecule has 0 aliphatic rings. The predicted octanol–water partition coefficient (Wildman–Crippen LogP) is 3.24. The van der Waals surface area contributed by atoms with Gasteiger partial charge in [-0.05, 0) is 13.0 Å². The smallest absolute Gasteiger partial charge is 0.0840 e. The summed E-state index contributed by atoms with van der Waals surface area (Å²) in [7, 11) is 0. The first-order valence-corrected chi connectivity index (χ1v) is 5.99. The molecule has 0 radical (unpaired) electrons. The Hall–Kier alpha value is -0.550. The molecule has 2 heteroatoms. The quantitative estimate of drug-likeness (QED) is 0.430. The van der Waals surface area contributed by atoms with E-state index in [1.807, 2.05) is 0 Å². The van der Waals surface area contributed by atoms with E-state index < -0.39 is 0 Å². The monoisotopic (exact) mass is 196 g/mol. The second-order valence-electron chi connectivity index (χ2n) is 3.81. The van der Waals surface area contributed by atoms with E-state index >= 15 is 0 Å². The summed E-state index contributed by atoms with van der Waals surface area (Å²) >= 11 is 0. The van der Waals surface area contributed by atoms with Gasteiger partial charge in [0.15, 0.2) is 0 Å². The summed E-state index contributed by atoms with van der Waals surface area (Å²) in [5, 5.41) is 11.4. The van der Waals surface area contributed by atoms with Crippen molar-refractivity contribution < 1.29 is 0 Å². The van der Waals surface area contributed by atoms with Crippen molar-refractivity contribution in [1.82, 2.24) is 5.32 Å². The van der Waals surface area contributed by atoms with Crippen LogP contribution in [0.1, 0.15) is 58.3 Å². The Bertz CT molecular complexity index is 138. The number of nitrogens with zero attached hydrogens (tertiary/aromatic N) is 1. The molecule has 0 unspecified atom stereocenters. The van der Waals surface area contributed by atoms with Gasteiger partial charge in [0.25, 0.3) is 0 Å². The molecule has 0 amide bonds. The van der Waals surface area contributed by atoms with Gasteiger partial charge in [0.05, 0.1) is 12.6 Å². The van der Waals surface area contributed by atoms with Crippen LogP contribution in [-0.2, 0) is 0 Å². The average Bonchev–Trinajstić information content (AvgIpc) is 2.21. The molecule has 0 fully saturated rings. The van der Waals surface area contributed by atoms with Crippen LogP contribution in [-0.4, -0.2) is 13.1 Å². The highest BCUT2D eigenvalue weighted by molar-refractivity contribution is 4.72. The van der Waals surface area contributed by atoms with Crippen molar-refractivity contribution in [3.63, 3.8) is 0 Å². The highest BCUT2D eigenvalue weighted by Gasteiger charge is 1.90. The third-order valence-corrected chi connectivity index (χ3v) is 2.41. The first kappa shape index (κ1) is 13.4. The summed E-state index contributed by atoms with van der Waals surface area (Å²) in [6.07, 6.45) is 10.8. The van der Waals surface area contributed by atoms with E-state index in [2.05, 4.69) is 18.3 Å². The van der Waals surface area contributed by atoms with E-state index in [9.17, 15) is 0 Å². The molecule has 0 aliphatic heterocycles. The molecule has 1 N–H and O–H groups in total. The van der Waals surface area contributed by atoms with Crippen LogP contribution in [0.3, 0.4) is 0 Å². The summed E-state index contributed by atoms with van der Waals surface area (Å²) in [6.45, 7) is 3.75. The van der Waals surface area contributed by atoms with Crippen molar-refractivity contribution in [1.29, 1.82) is 5.26 Å². The fourth-order valence-electron chi connectivity index (χ4n) is 1.53. The van der Waals surface area contributed by atoms with E-state index in [0.29, 0.717) is 6.54 Å². The standard InChI is InChI=1S/C12H24N2/c1-2-3-4-5-6-7-8-9-11-14-12-10-13/h14H,2-9,11-12H2,1H3. The van der Waals surface area contributed by atoms with Gasteiger partial charge < -0.3 is 5.32 Å². The van der Waals surface area contributed by atoms with Crippen molar-refractivity contribution in [2.75, 3.05) is 13.1 Å². The first-order valence-electron chi connectivity index (χ1n) is 5.99. The Balaban J connectivity index is 2.82. The number of hydrogen-bond acceptors (Lipinski definition) is 2. The molecule has 0 atom stereocenters. The Morgan fingerprint density at radius 1 is 0.929 bits per heavy atom. The number of nitriles is 1. The molecule has 0 aromatic rings. The minimum Gasteiger partial charge on any atom is -0.304 e. The Morgan fingerprint density at radius 3 is 2.07 bits per heavy atom. The normalized spacial score (nSPS) is 10.0. The SMILES string of the molecule is CCCCCCCCCCNCC#N. The summed E-state index contributed by atoms with van der Waals surface area (Å²) < 4.78 is 0. The van der Waals surface area contributed by atoms with E-state index in [0.717, 1.165) is 6.54 Å². The minimum absolute atomic E-state index is 0.497. The van der Waals surface area contributed by atoms with Crippen LogP contribution in [0.5, 0.6) is 0 Å². The molecule has 0 aliphatic carbocycles. The number of unbranched alkanes of at least 4 members (excludes halogenated alkanes) is 7. The van der Waals surface area contributed by atoms with Crippen LogP contribution in [0.4, 0.5) is 0 Å². The van der Waals surface area contributed by atoms with E-state index in [1.54, 1.807) is 0 Å². The van der Waals surface area contributed by atoms with Gasteiger partial charge in [-0.25, -0.2) is 0 Å². The summed E-state index contributed by atoms with van der Waals surface area (Å²) in [4.78, 5) is 0. The van der Waals surface area contributed by atoms with Gasteiger partial charge in [-0.3, -0.25) is 0 Å². The van der Waals surface area contributed by atoms with Gasteiger partial charge in [-0.2, -0.15) is 5.26 Å². The largest absolute Gasteiger partial charge is 0.304 e. The third kappa shape index (κ3) is 11.4. The number of hydrogen-bond donors (Lipinski definition) is 1. The second-order valence-corrected chi connectivity index (χ2v) is 3.81. The maximum atomic E-state index is 8.28. The van der Waals surface area contributed by atoms with Crippen molar-refractivity contribution >= 4 is 0 Å². The van der Waals surface area contributed by atoms with E-state index in [4.69, 9.17) is 5.26 Å². The number of nitrogens with one attached hydrogen (secondary N) is 1. The summed E-state index contributed by atoms with van der Waals surface area (Å²) in [6, 6.07) is 2.08. The van der Waals surface area contributed by atoms with Gasteiger partial charge >= 0.3 is 0 Å². The zero-order valence-electron chi connectivity index (χ0n) is 9.52. The molecule has 0 heterocycles. The predicted molar refractivity (Wildman–Crippen MR) is 61.1 cm³/mol. The van der Waals surface area contributed by atoms with Crippen LogP contribution < -0.4 is 5.32 Å². The highest BCUT2D eigenvalue weighted by atomic mass is 14.8. The molecule has 2 nitrogen and oxygen atoms in total. The van der Waals surface area contributed by atoms with Crippen LogP contribution in [0.2, 0.25) is 0 Å².